The van der Waals surface area contributed by atoms with E-state index in [9.17, 15) is 19.5 Å². The monoisotopic (exact) mass is 440 g/mol. The number of aliphatic hydroxyl groups excluding tert-OH is 1. The van der Waals surface area contributed by atoms with Gasteiger partial charge in [0.15, 0.2) is 5.78 Å². The van der Waals surface area contributed by atoms with Gasteiger partial charge in [0, 0.05) is 31.6 Å². The Morgan fingerprint density at radius 3 is 2.75 bits per heavy atom. The molecule has 2 aliphatic heterocycles. The van der Waals surface area contributed by atoms with Gasteiger partial charge in [-0.05, 0) is 50.7 Å². The van der Waals surface area contributed by atoms with Crippen molar-refractivity contribution in [2.24, 2.45) is 11.3 Å². The first-order chi connectivity index (χ1) is 15.5. The van der Waals surface area contributed by atoms with Gasteiger partial charge >= 0.3 is 12.0 Å². The number of carbonyl (C=O) groups is 3. The van der Waals surface area contributed by atoms with E-state index in [0.29, 0.717) is 13.0 Å². The fourth-order valence-electron chi connectivity index (χ4n) is 5.02. The molecule has 1 aliphatic carbocycles. The molecule has 2 fully saturated rings. The van der Waals surface area contributed by atoms with Crippen LogP contribution in [0.5, 0.6) is 0 Å². The second-order valence-electron chi connectivity index (χ2n) is 9.08. The standard InChI is InChI=1S/C25H32N2O5/c1-2-32-23(30)25-15-18(25)10-6-3-4-9-13-26(19-11-7-5-8-12-19)24(31)27-17-20(28)14-21(27)22(29)16-25/h5-8,10-12,18,20-21,28H,2-4,9,13-17H2,1H3/b10-6-/t18-,20-,21-,25+/m0/s1. The van der Waals surface area contributed by atoms with E-state index in [1.807, 2.05) is 30.3 Å². The minimum Gasteiger partial charge on any atom is -0.466 e. The number of Topliss-reactive ketones (excluding diaryl/α,β-unsaturated/α-hetero) is 1. The fourth-order valence-corrected chi connectivity index (χ4v) is 5.02. The Morgan fingerprint density at radius 1 is 1.22 bits per heavy atom. The number of anilines is 1. The van der Waals surface area contributed by atoms with Crippen LogP contribution in [0.2, 0.25) is 0 Å². The number of rotatable bonds is 3. The highest BCUT2D eigenvalue weighted by molar-refractivity contribution is 5.98. The average Bonchev–Trinajstić information content (AvgIpc) is 3.33. The van der Waals surface area contributed by atoms with E-state index in [2.05, 4.69) is 12.2 Å². The maximum atomic E-state index is 13.6. The lowest BCUT2D eigenvalue weighted by molar-refractivity contribution is -0.152. The molecule has 1 N–H and O–H groups in total. The molecule has 2 heterocycles. The third kappa shape index (κ3) is 4.44. The van der Waals surface area contributed by atoms with E-state index in [1.165, 1.54) is 4.90 Å². The molecule has 0 unspecified atom stereocenters. The lowest BCUT2D eigenvalue weighted by Crippen LogP contribution is -2.49. The molecule has 3 aliphatic rings. The second kappa shape index (κ2) is 9.45. The van der Waals surface area contributed by atoms with E-state index in [0.717, 1.165) is 24.9 Å². The van der Waals surface area contributed by atoms with Crippen molar-refractivity contribution in [3.8, 4) is 0 Å². The smallest absolute Gasteiger partial charge is 0.325 e. The van der Waals surface area contributed by atoms with Crippen molar-refractivity contribution in [2.75, 3.05) is 24.6 Å². The van der Waals surface area contributed by atoms with E-state index in [-0.39, 0.29) is 49.7 Å². The third-order valence-electron chi connectivity index (χ3n) is 6.87. The molecule has 172 valence electrons. The molecule has 0 bridgehead atoms. The summed E-state index contributed by atoms with van der Waals surface area (Å²) >= 11 is 0. The predicted molar refractivity (Wildman–Crippen MR) is 120 cm³/mol. The fraction of sp³-hybridized carbons (Fsp3) is 0.560. The van der Waals surface area contributed by atoms with Crippen molar-refractivity contribution in [1.29, 1.82) is 0 Å². The van der Waals surface area contributed by atoms with Crippen LogP contribution in [0.1, 0.15) is 45.4 Å². The summed E-state index contributed by atoms with van der Waals surface area (Å²) in [5, 5.41) is 10.3. The Hall–Kier alpha value is -2.67. The number of aliphatic hydroxyl groups is 1. The summed E-state index contributed by atoms with van der Waals surface area (Å²) in [6, 6.07) is 8.43. The minimum atomic E-state index is -0.838. The molecule has 7 nitrogen and oxygen atoms in total. The first-order valence-electron chi connectivity index (χ1n) is 11.6. The molecule has 1 aromatic carbocycles. The summed E-state index contributed by atoms with van der Waals surface area (Å²) in [4.78, 5) is 42.9. The summed E-state index contributed by atoms with van der Waals surface area (Å²) in [5.41, 5.74) is -0.0623. The number of amides is 2. The topological polar surface area (TPSA) is 87.1 Å². The quantitative estimate of drug-likeness (QED) is 0.576. The van der Waals surface area contributed by atoms with Gasteiger partial charge in [-0.3, -0.25) is 14.5 Å². The maximum Gasteiger partial charge on any atom is 0.325 e. The van der Waals surface area contributed by atoms with Crippen molar-refractivity contribution < 1.29 is 24.2 Å². The number of ether oxygens (including phenoxy) is 1. The Kier molecular flexibility index (Phi) is 6.65. The molecular weight excluding hydrogens is 408 g/mol. The van der Waals surface area contributed by atoms with E-state index < -0.39 is 17.6 Å². The Balaban J connectivity index is 1.64. The van der Waals surface area contributed by atoms with Crippen molar-refractivity contribution in [2.45, 2.75) is 57.6 Å². The normalized spacial score (nSPS) is 32.0. The number of allylic oxidation sites excluding steroid dienone is 2. The van der Waals surface area contributed by atoms with Gasteiger partial charge in [0.1, 0.15) is 0 Å². The molecule has 4 rings (SSSR count). The van der Waals surface area contributed by atoms with E-state index in [1.54, 1.807) is 11.8 Å². The van der Waals surface area contributed by atoms with Crippen LogP contribution in [0.25, 0.3) is 0 Å². The molecule has 1 saturated heterocycles. The van der Waals surface area contributed by atoms with Gasteiger partial charge < -0.3 is 14.7 Å². The Labute approximate surface area is 189 Å². The molecule has 32 heavy (non-hydrogen) atoms. The van der Waals surface area contributed by atoms with Gasteiger partial charge in [-0.25, -0.2) is 4.79 Å². The number of nitrogens with zero attached hydrogens (tertiary/aromatic N) is 2. The minimum absolute atomic E-state index is 0.00950. The van der Waals surface area contributed by atoms with Crippen LogP contribution in [0.15, 0.2) is 42.5 Å². The zero-order valence-corrected chi connectivity index (χ0v) is 18.6. The lowest BCUT2D eigenvalue weighted by atomic mass is 9.92. The molecular formula is C25H32N2O5. The Morgan fingerprint density at radius 2 is 2.00 bits per heavy atom. The second-order valence-corrected chi connectivity index (χ2v) is 9.08. The van der Waals surface area contributed by atoms with Gasteiger partial charge in [-0.15, -0.1) is 0 Å². The molecule has 2 amide bonds. The van der Waals surface area contributed by atoms with Crippen molar-refractivity contribution in [3.05, 3.63) is 42.5 Å². The maximum absolute atomic E-state index is 13.6. The summed E-state index contributed by atoms with van der Waals surface area (Å²) in [5.74, 6) is -0.522. The molecule has 1 saturated carbocycles. The highest BCUT2D eigenvalue weighted by atomic mass is 16.5. The molecule has 4 atom stereocenters. The predicted octanol–water partition coefficient (Wildman–Crippen LogP) is 3.32. The molecule has 0 aromatic heterocycles. The van der Waals surface area contributed by atoms with Crippen molar-refractivity contribution in [3.63, 3.8) is 0 Å². The van der Waals surface area contributed by atoms with E-state index >= 15 is 0 Å². The first kappa shape index (κ1) is 22.5. The average molecular weight is 441 g/mol. The summed E-state index contributed by atoms with van der Waals surface area (Å²) in [6.07, 6.45) is 6.79. The van der Waals surface area contributed by atoms with Gasteiger partial charge in [-0.1, -0.05) is 30.4 Å². The Bertz CT molecular complexity index is 886. The van der Waals surface area contributed by atoms with Gasteiger partial charge in [-0.2, -0.15) is 0 Å². The molecule has 0 spiro atoms. The summed E-state index contributed by atoms with van der Waals surface area (Å²) in [6.45, 7) is 2.69. The van der Waals surface area contributed by atoms with E-state index in [4.69, 9.17) is 4.74 Å². The van der Waals surface area contributed by atoms with Crippen molar-refractivity contribution >= 4 is 23.5 Å². The summed E-state index contributed by atoms with van der Waals surface area (Å²) < 4.78 is 5.31. The van der Waals surface area contributed by atoms with Crippen LogP contribution in [0.3, 0.4) is 0 Å². The van der Waals surface area contributed by atoms with Gasteiger partial charge in [0.25, 0.3) is 0 Å². The number of urea groups is 1. The number of hydrogen-bond acceptors (Lipinski definition) is 5. The number of ketones is 1. The first-order valence-corrected chi connectivity index (χ1v) is 11.6. The largest absolute Gasteiger partial charge is 0.466 e. The van der Waals surface area contributed by atoms with Crippen LogP contribution in [-0.2, 0) is 14.3 Å². The van der Waals surface area contributed by atoms with Crippen LogP contribution in [-0.4, -0.2) is 59.6 Å². The third-order valence-corrected chi connectivity index (χ3v) is 6.87. The summed E-state index contributed by atoms with van der Waals surface area (Å²) in [7, 11) is 0. The van der Waals surface area contributed by atoms with Crippen LogP contribution in [0, 0.1) is 11.3 Å². The highest BCUT2D eigenvalue weighted by Crippen LogP contribution is 2.57. The molecule has 1 aromatic rings. The highest BCUT2D eigenvalue weighted by Gasteiger charge is 2.61. The number of fused-ring (bicyclic) bond motifs is 2. The molecule has 7 heteroatoms. The van der Waals surface area contributed by atoms with Gasteiger partial charge in [0.05, 0.1) is 24.2 Å². The molecule has 0 radical (unpaired) electrons. The number of esters is 1. The zero-order valence-electron chi connectivity index (χ0n) is 18.6. The number of carbonyl (C=O) groups excluding carboxylic acids is 3. The van der Waals surface area contributed by atoms with Crippen LogP contribution >= 0.6 is 0 Å². The van der Waals surface area contributed by atoms with Crippen molar-refractivity contribution in [1.82, 2.24) is 4.90 Å². The number of benzene rings is 1. The number of para-hydroxylation sites is 1. The number of hydrogen-bond donors (Lipinski definition) is 1. The SMILES string of the molecule is CCOC(=O)[C@]12CC(=O)[C@@H]3C[C@H](O)CN3C(=O)N(c3ccccc3)CCCC/C=C\[C@H]1C2. The lowest BCUT2D eigenvalue weighted by Gasteiger charge is -2.32. The zero-order chi connectivity index (χ0) is 22.7. The van der Waals surface area contributed by atoms with Gasteiger partial charge in [0.2, 0.25) is 0 Å². The van der Waals surface area contributed by atoms with Crippen LogP contribution < -0.4 is 4.90 Å². The van der Waals surface area contributed by atoms with Crippen LogP contribution in [0.4, 0.5) is 10.5 Å².